The molecule has 3 N–H and O–H groups in total. The van der Waals surface area contributed by atoms with Gasteiger partial charge in [0, 0.05) is 71.6 Å². The third-order valence-corrected chi connectivity index (χ3v) is 8.95. The second kappa shape index (κ2) is 15.1. The lowest BCUT2D eigenvalue weighted by molar-refractivity contribution is -0.131. The zero-order valence-corrected chi connectivity index (χ0v) is 28.0. The molecule has 0 bridgehead atoms. The number of carbonyl (C=O) groups excluding carboxylic acids is 2. The number of benzene rings is 3. The highest BCUT2D eigenvalue weighted by molar-refractivity contribution is 6.31. The van der Waals surface area contributed by atoms with Gasteiger partial charge >= 0.3 is 5.97 Å². The molecule has 7 rings (SSSR count). The van der Waals surface area contributed by atoms with Crippen LogP contribution in [0.1, 0.15) is 43.0 Å². The molecule has 2 aliphatic rings. The minimum absolute atomic E-state index is 0.0636. The van der Waals surface area contributed by atoms with Crippen LogP contribution in [0.4, 0.5) is 11.6 Å². The summed E-state index contributed by atoms with van der Waals surface area (Å²) in [5, 5.41) is 6.44. The Morgan fingerprint density at radius 1 is 0.771 bits per heavy atom. The van der Waals surface area contributed by atoms with Gasteiger partial charge in [0.1, 0.15) is 30.0 Å². The van der Waals surface area contributed by atoms with Crippen molar-refractivity contribution >= 4 is 68.5 Å². The van der Waals surface area contributed by atoms with E-state index in [2.05, 4.69) is 35.1 Å². The maximum absolute atomic E-state index is 12.6. The number of ether oxygens (including phenoxy) is 1. The van der Waals surface area contributed by atoms with Crippen LogP contribution < -0.4 is 25.6 Å². The third kappa shape index (κ3) is 8.10. The van der Waals surface area contributed by atoms with E-state index in [1.807, 2.05) is 36.4 Å². The molecule has 11 nitrogen and oxygen atoms in total. The molecule has 3 aromatic carbocycles. The van der Waals surface area contributed by atoms with E-state index >= 15 is 0 Å². The topological polar surface area (TPSA) is 139 Å². The lowest BCUT2D eigenvalue weighted by Crippen LogP contribution is -2.45. The molecule has 0 radical (unpaired) electrons. The van der Waals surface area contributed by atoms with Crippen LogP contribution in [0.15, 0.2) is 73.3 Å². The maximum Gasteiger partial charge on any atom is 0.308 e. The molecule has 48 heavy (non-hydrogen) atoms. The Morgan fingerprint density at radius 3 is 1.85 bits per heavy atom. The van der Waals surface area contributed by atoms with Gasteiger partial charge in [-0.2, -0.15) is 0 Å². The van der Waals surface area contributed by atoms with Gasteiger partial charge in [-0.05, 0) is 80.3 Å². The Hall–Kier alpha value is -4.58. The molecule has 0 saturated carbocycles. The summed E-state index contributed by atoms with van der Waals surface area (Å²) in [5.74, 6) is 1.64. The second-order valence-corrected chi connectivity index (χ2v) is 12.8. The smallest absolute Gasteiger partial charge is 0.308 e. The van der Waals surface area contributed by atoms with Crippen LogP contribution in [-0.4, -0.2) is 70.1 Å². The van der Waals surface area contributed by atoms with Crippen LogP contribution in [0, 0.1) is 0 Å². The van der Waals surface area contributed by atoms with Gasteiger partial charge in [-0.1, -0.05) is 29.3 Å². The Kier molecular flexibility index (Phi) is 10.5. The quantitative estimate of drug-likeness (QED) is 0.172. The molecule has 0 spiro atoms. The summed E-state index contributed by atoms with van der Waals surface area (Å²) in [6, 6.07) is 18.4. The largest absolute Gasteiger partial charge is 0.427 e. The number of anilines is 2. The number of piperidine rings is 2. The van der Waals surface area contributed by atoms with E-state index in [9.17, 15) is 9.59 Å². The molecule has 2 saturated heterocycles. The van der Waals surface area contributed by atoms with Crippen LogP contribution >= 0.6 is 23.2 Å². The van der Waals surface area contributed by atoms with Gasteiger partial charge in [0.15, 0.2) is 0 Å². The lowest BCUT2D eigenvalue weighted by Gasteiger charge is -2.33. The van der Waals surface area contributed by atoms with Gasteiger partial charge in [-0.25, -0.2) is 19.9 Å². The van der Waals surface area contributed by atoms with Gasteiger partial charge in [0.2, 0.25) is 0 Å². The standard InChI is InChI=1S/C22H21ClN4O3.C13H15ClN4/c1-14(28)30-18-4-2-3-15(11-18)22(29)26-17-7-9-27(10-8-17)21-19-6-5-16(23)12-20(19)24-13-25-21;14-9-1-2-11-12(7-9)16-8-17-13(11)18-5-3-10(15)4-6-18/h2-6,11-13,17H,7-10H2,1H3,(H,26,29);1-2,7-8,10H,3-6,15H2. The second-order valence-electron chi connectivity index (χ2n) is 11.9. The first-order valence-corrected chi connectivity index (χ1v) is 16.6. The minimum Gasteiger partial charge on any atom is -0.427 e. The minimum atomic E-state index is -0.417. The predicted octanol–water partition coefficient (Wildman–Crippen LogP) is 5.82. The summed E-state index contributed by atoms with van der Waals surface area (Å²) in [4.78, 5) is 45.7. The van der Waals surface area contributed by atoms with Gasteiger partial charge < -0.3 is 25.6 Å². The Labute approximate surface area is 288 Å². The molecule has 5 aromatic rings. The Morgan fingerprint density at radius 2 is 1.31 bits per heavy atom. The molecule has 2 fully saturated rings. The number of esters is 1. The molecule has 0 atom stereocenters. The zero-order chi connectivity index (χ0) is 33.6. The first-order valence-electron chi connectivity index (χ1n) is 15.9. The molecular weight excluding hydrogens is 651 g/mol. The highest BCUT2D eigenvalue weighted by atomic mass is 35.5. The fourth-order valence-corrected chi connectivity index (χ4v) is 6.35. The van der Waals surface area contributed by atoms with E-state index in [-0.39, 0.29) is 11.9 Å². The number of rotatable bonds is 5. The van der Waals surface area contributed by atoms with Crippen molar-refractivity contribution in [1.82, 2.24) is 25.3 Å². The normalized spacial score (nSPS) is 15.6. The monoisotopic (exact) mass is 686 g/mol. The van der Waals surface area contributed by atoms with E-state index < -0.39 is 5.97 Å². The molecule has 248 valence electrons. The van der Waals surface area contributed by atoms with E-state index in [1.54, 1.807) is 36.9 Å². The van der Waals surface area contributed by atoms with Crippen LogP contribution in [0.3, 0.4) is 0 Å². The number of aromatic nitrogens is 4. The van der Waals surface area contributed by atoms with Crippen LogP contribution in [0.5, 0.6) is 5.75 Å². The van der Waals surface area contributed by atoms with Crippen LogP contribution in [-0.2, 0) is 4.79 Å². The first-order chi connectivity index (χ1) is 23.2. The summed E-state index contributed by atoms with van der Waals surface area (Å²) in [7, 11) is 0. The molecule has 13 heteroatoms. The van der Waals surface area contributed by atoms with Gasteiger partial charge in [-0.3, -0.25) is 9.59 Å². The summed E-state index contributed by atoms with van der Waals surface area (Å²) < 4.78 is 5.05. The number of hydrogen-bond acceptors (Lipinski definition) is 10. The number of nitrogens with zero attached hydrogens (tertiary/aromatic N) is 6. The van der Waals surface area contributed by atoms with Crippen LogP contribution in [0.2, 0.25) is 10.0 Å². The number of carbonyl (C=O) groups is 2. The number of hydrogen-bond donors (Lipinski definition) is 2. The van der Waals surface area contributed by atoms with E-state index in [0.29, 0.717) is 27.4 Å². The molecule has 4 heterocycles. The van der Waals surface area contributed by atoms with Crippen molar-refractivity contribution in [2.75, 3.05) is 36.0 Å². The maximum atomic E-state index is 12.6. The molecule has 0 unspecified atom stereocenters. The van der Waals surface area contributed by atoms with Gasteiger partial charge in [0.25, 0.3) is 5.91 Å². The van der Waals surface area contributed by atoms with E-state index in [4.69, 9.17) is 33.7 Å². The Bertz CT molecular complexity index is 1930. The van der Waals surface area contributed by atoms with Gasteiger partial charge in [0.05, 0.1) is 11.0 Å². The molecule has 2 aromatic heterocycles. The highest BCUT2D eigenvalue weighted by Crippen LogP contribution is 2.29. The van der Waals surface area contributed by atoms with Crippen molar-refractivity contribution in [3.63, 3.8) is 0 Å². The third-order valence-electron chi connectivity index (χ3n) is 8.48. The molecule has 2 aliphatic heterocycles. The van der Waals surface area contributed by atoms with Crippen LogP contribution in [0.25, 0.3) is 21.8 Å². The summed E-state index contributed by atoms with van der Waals surface area (Å²) in [6.07, 6.45) is 6.78. The summed E-state index contributed by atoms with van der Waals surface area (Å²) >= 11 is 12.1. The lowest BCUT2D eigenvalue weighted by atomic mass is 10.0. The number of fused-ring (bicyclic) bond motifs is 2. The Balaban J connectivity index is 0.000000189. The average Bonchev–Trinajstić information content (AvgIpc) is 3.08. The fourth-order valence-electron chi connectivity index (χ4n) is 6.02. The number of nitrogens with one attached hydrogen (secondary N) is 1. The number of amides is 1. The highest BCUT2D eigenvalue weighted by Gasteiger charge is 2.24. The van der Waals surface area contributed by atoms with Crippen molar-refractivity contribution < 1.29 is 14.3 Å². The van der Waals surface area contributed by atoms with Crippen molar-refractivity contribution in [2.45, 2.75) is 44.7 Å². The predicted molar refractivity (Wildman–Crippen MR) is 189 cm³/mol. The van der Waals surface area contributed by atoms with Crippen molar-refractivity contribution in [1.29, 1.82) is 0 Å². The number of nitrogens with two attached hydrogens (primary N) is 1. The molecule has 1 amide bonds. The van der Waals surface area contributed by atoms with E-state index in [1.165, 1.54) is 6.92 Å². The number of halogens is 2. The van der Waals surface area contributed by atoms with Crippen molar-refractivity contribution in [2.24, 2.45) is 5.73 Å². The first kappa shape index (κ1) is 33.3. The van der Waals surface area contributed by atoms with Gasteiger partial charge in [-0.15, -0.1) is 0 Å². The zero-order valence-electron chi connectivity index (χ0n) is 26.5. The molecule has 0 aliphatic carbocycles. The van der Waals surface area contributed by atoms with E-state index in [0.717, 1.165) is 85.3 Å². The fraction of sp³-hybridized carbons (Fsp3) is 0.314. The SMILES string of the molecule is CC(=O)Oc1cccc(C(=O)NC2CCN(c3ncnc4cc(Cl)ccc34)CC2)c1.NC1CCN(c2ncnc3cc(Cl)ccc23)CC1. The average molecular weight is 688 g/mol. The van der Waals surface area contributed by atoms with Crippen molar-refractivity contribution in [3.8, 4) is 5.75 Å². The summed E-state index contributed by atoms with van der Waals surface area (Å²) in [5.41, 5.74) is 8.10. The van der Waals surface area contributed by atoms with Crippen molar-refractivity contribution in [3.05, 3.63) is 88.9 Å². The molecular formula is C35H36Cl2N8O3. The summed E-state index contributed by atoms with van der Waals surface area (Å²) in [6.45, 7) is 4.78.